The summed E-state index contributed by atoms with van der Waals surface area (Å²) in [4.78, 5) is 13.0. The molecular formula is C13H28N2O3. The third-order valence-electron chi connectivity index (χ3n) is 2.90. The van der Waals surface area contributed by atoms with Crippen LogP contribution in [0.15, 0.2) is 0 Å². The van der Waals surface area contributed by atoms with Crippen LogP contribution in [0, 0.1) is 0 Å². The molecule has 0 aliphatic carbocycles. The van der Waals surface area contributed by atoms with Crippen LogP contribution in [0.4, 0.5) is 0 Å². The van der Waals surface area contributed by atoms with Crippen molar-refractivity contribution in [1.29, 1.82) is 0 Å². The summed E-state index contributed by atoms with van der Waals surface area (Å²) in [5, 5.41) is 8.87. The molecule has 108 valence electrons. The lowest BCUT2D eigenvalue weighted by Crippen LogP contribution is -2.44. The van der Waals surface area contributed by atoms with Crippen LogP contribution in [0.2, 0.25) is 0 Å². The Morgan fingerprint density at radius 2 is 2.00 bits per heavy atom. The van der Waals surface area contributed by atoms with E-state index in [0.717, 1.165) is 32.5 Å². The van der Waals surface area contributed by atoms with Crippen molar-refractivity contribution in [2.75, 3.05) is 26.7 Å². The Kier molecular flexibility index (Phi) is 8.15. The van der Waals surface area contributed by atoms with Crippen molar-refractivity contribution >= 4 is 5.97 Å². The zero-order chi connectivity index (χ0) is 14.2. The summed E-state index contributed by atoms with van der Waals surface area (Å²) in [6, 6.07) is 0. The van der Waals surface area contributed by atoms with Crippen LogP contribution in [0.3, 0.4) is 0 Å². The van der Waals surface area contributed by atoms with E-state index < -0.39 is 11.5 Å². The maximum atomic E-state index is 10.8. The van der Waals surface area contributed by atoms with E-state index in [1.807, 2.05) is 20.9 Å². The molecule has 0 rings (SSSR count). The number of nitrogens with zero attached hydrogens (tertiary/aromatic N) is 1. The smallest absolute Gasteiger partial charge is 0.323 e. The number of nitrogens with two attached hydrogens (primary N) is 1. The van der Waals surface area contributed by atoms with Gasteiger partial charge >= 0.3 is 5.97 Å². The van der Waals surface area contributed by atoms with Crippen molar-refractivity contribution in [1.82, 2.24) is 4.90 Å². The van der Waals surface area contributed by atoms with Crippen LogP contribution in [-0.2, 0) is 9.53 Å². The van der Waals surface area contributed by atoms with Crippen molar-refractivity contribution in [2.24, 2.45) is 5.73 Å². The Labute approximate surface area is 110 Å². The molecule has 0 aliphatic heterocycles. The number of hydrogen-bond acceptors (Lipinski definition) is 4. The first-order chi connectivity index (χ1) is 8.25. The average molecular weight is 260 g/mol. The van der Waals surface area contributed by atoms with Gasteiger partial charge < -0.3 is 20.5 Å². The summed E-state index contributed by atoms with van der Waals surface area (Å²) in [5.74, 6) is -0.929. The molecule has 5 heteroatoms. The standard InChI is InChI=1S/C13H28N2O3/c1-11(2)18-10-9-15(4)8-6-5-7-13(3,14)12(16)17/h11H,5-10,14H2,1-4H3,(H,16,17). The molecule has 0 saturated heterocycles. The largest absolute Gasteiger partial charge is 0.480 e. The fourth-order valence-corrected chi connectivity index (χ4v) is 1.54. The molecule has 0 amide bonds. The first-order valence-electron chi connectivity index (χ1n) is 6.58. The van der Waals surface area contributed by atoms with Crippen molar-refractivity contribution in [2.45, 2.75) is 51.7 Å². The van der Waals surface area contributed by atoms with Gasteiger partial charge in [0.05, 0.1) is 12.7 Å². The van der Waals surface area contributed by atoms with Gasteiger partial charge in [-0.15, -0.1) is 0 Å². The Balaban J connectivity index is 3.57. The number of rotatable bonds is 10. The van der Waals surface area contributed by atoms with Crippen LogP contribution in [0.25, 0.3) is 0 Å². The van der Waals surface area contributed by atoms with Gasteiger partial charge in [-0.2, -0.15) is 0 Å². The number of unbranched alkanes of at least 4 members (excludes halogenated alkanes) is 1. The van der Waals surface area contributed by atoms with Gasteiger partial charge in [-0.25, -0.2) is 0 Å². The Bertz CT molecular complexity index is 242. The fraction of sp³-hybridized carbons (Fsp3) is 0.923. The number of carboxylic acids is 1. The molecule has 0 saturated carbocycles. The van der Waals surface area contributed by atoms with E-state index in [0.29, 0.717) is 6.42 Å². The highest BCUT2D eigenvalue weighted by atomic mass is 16.5. The summed E-state index contributed by atoms with van der Waals surface area (Å²) in [6.07, 6.45) is 2.57. The second kappa shape index (κ2) is 8.45. The molecule has 0 aromatic rings. The molecule has 5 nitrogen and oxygen atoms in total. The number of hydrogen-bond donors (Lipinski definition) is 2. The molecule has 0 spiro atoms. The summed E-state index contributed by atoms with van der Waals surface area (Å²) in [6.45, 7) is 8.18. The Hall–Kier alpha value is -0.650. The second-order valence-electron chi connectivity index (χ2n) is 5.40. The molecule has 0 aromatic carbocycles. The highest BCUT2D eigenvalue weighted by Gasteiger charge is 2.26. The molecule has 18 heavy (non-hydrogen) atoms. The minimum Gasteiger partial charge on any atom is -0.480 e. The Morgan fingerprint density at radius 3 is 2.50 bits per heavy atom. The van der Waals surface area contributed by atoms with Gasteiger partial charge in [-0.05, 0) is 53.6 Å². The monoisotopic (exact) mass is 260 g/mol. The average Bonchev–Trinajstić information content (AvgIpc) is 2.23. The molecule has 0 radical (unpaired) electrons. The molecule has 0 fully saturated rings. The predicted molar refractivity (Wildman–Crippen MR) is 72.7 cm³/mol. The fourth-order valence-electron chi connectivity index (χ4n) is 1.54. The highest BCUT2D eigenvalue weighted by molar-refractivity contribution is 5.77. The summed E-state index contributed by atoms with van der Waals surface area (Å²) in [7, 11) is 2.04. The normalized spacial score (nSPS) is 15.1. The first-order valence-corrected chi connectivity index (χ1v) is 6.58. The van der Waals surface area contributed by atoms with Crippen LogP contribution < -0.4 is 5.73 Å². The van der Waals surface area contributed by atoms with Gasteiger partial charge in [0, 0.05) is 6.54 Å². The zero-order valence-corrected chi connectivity index (χ0v) is 12.1. The molecule has 3 N–H and O–H groups in total. The molecule has 1 atom stereocenters. The van der Waals surface area contributed by atoms with Gasteiger partial charge in [0.2, 0.25) is 0 Å². The number of aliphatic carboxylic acids is 1. The number of carbonyl (C=O) groups is 1. The minimum absolute atomic E-state index is 0.270. The predicted octanol–water partition coefficient (Wildman–Crippen LogP) is 1.32. The Morgan fingerprint density at radius 1 is 1.39 bits per heavy atom. The maximum Gasteiger partial charge on any atom is 0.323 e. The van der Waals surface area contributed by atoms with Crippen LogP contribution in [0.1, 0.15) is 40.0 Å². The SMILES string of the molecule is CC(C)OCCN(C)CCCCC(C)(N)C(=O)O. The van der Waals surface area contributed by atoms with E-state index in [-0.39, 0.29) is 6.10 Å². The van der Waals surface area contributed by atoms with Crippen LogP contribution in [0.5, 0.6) is 0 Å². The molecule has 0 aliphatic rings. The number of ether oxygens (including phenoxy) is 1. The molecule has 0 heterocycles. The quantitative estimate of drug-likeness (QED) is 0.579. The summed E-state index contributed by atoms with van der Waals surface area (Å²) in [5.41, 5.74) is 4.56. The summed E-state index contributed by atoms with van der Waals surface area (Å²) >= 11 is 0. The van der Waals surface area contributed by atoms with Crippen LogP contribution >= 0.6 is 0 Å². The van der Waals surface area contributed by atoms with Crippen molar-refractivity contribution < 1.29 is 14.6 Å². The highest BCUT2D eigenvalue weighted by Crippen LogP contribution is 2.11. The molecule has 0 bridgehead atoms. The van der Waals surface area contributed by atoms with E-state index in [2.05, 4.69) is 4.90 Å². The second-order valence-corrected chi connectivity index (χ2v) is 5.40. The third-order valence-corrected chi connectivity index (χ3v) is 2.90. The van der Waals surface area contributed by atoms with Gasteiger partial charge in [0.25, 0.3) is 0 Å². The van der Waals surface area contributed by atoms with Crippen molar-refractivity contribution in [3.8, 4) is 0 Å². The lowest BCUT2D eigenvalue weighted by atomic mass is 9.96. The zero-order valence-electron chi connectivity index (χ0n) is 12.1. The van der Waals surface area contributed by atoms with Gasteiger partial charge in [0.15, 0.2) is 0 Å². The lowest BCUT2D eigenvalue weighted by Gasteiger charge is -2.20. The molecule has 1 unspecified atom stereocenters. The van der Waals surface area contributed by atoms with E-state index in [1.54, 1.807) is 6.92 Å². The maximum absolute atomic E-state index is 10.8. The van der Waals surface area contributed by atoms with Gasteiger partial charge in [-0.1, -0.05) is 0 Å². The van der Waals surface area contributed by atoms with Crippen LogP contribution in [-0.4, -0.2) is 54.4 Å². The topological polar surface area (TPSA) is 75.8 Å². The minimum atomic E-state index is -1.10. The van der Waals surface area contributed by atoms with Crippen molar-refractivity contribution in [3.63, 3.8) is 0 Å². The van der Waals surface area contributed by atoms with E-state index in [4.69, 9.17) is 15.6 Å². The van der Waals surface area contributed by atoms with Gasteiger partial charge in [0.1, 0.15) is 5.54 Å². The van der Waals surface area contributed by atoms with E-state index in [9.17, 15) is 4.79 Å². The third kappa shape index (κ3) is 8.44. The molecular weight excluding hydrogens is 232 g/mol. The van der Waals surface area contributed by atoms with E-state index >= 15 is 0 Å². The molecule has 0 aromatic heterocycles. The number of carboxylic acid groups (broad SMARTS) is 1. The van der Waals surface area contributed by atoms with Crippen molar-refractivity contribution in [3.05, 3.63) is 0 Å². The number of likely N-dealkylation sites (N-methyl/N-ethyl adjacent to an activating group) is 1. The summed E-state index contributed by atoms with van der Waals surface area (Å²) < 4.78 is 5.47. The lowest BCUT2D eigenvalue weighted by molar-refractivity contribution is -0.142. The first kappa shape index (κ1) is 17.4. The van der Waals surface area contributed by atoms with E-state index in [1.165, 1.54) is 0 Å². The van der Waals surface area contributed by atoms with Gasteiger partial charge in [-0.3, -0.25) is 4.79 Å².